The summed E-state index contributed by atoms with van der Waals surface area (Å²) in [6.45, 7) is 13.0. The van der Waals surface area contributed by atoms with E-state index in [4.69, 9.17) is 0 Å². The number of carbonyl (C=O) groups excluding carboxylic acids is 5. The number of aliphatic hydroxyl groups is 1. The summed E-state index contributed by atoms with van der Waals surface area (Å²) in [4.78, 5) is 71.4. The molecule has 1 aliphatic heterocycles. The molecule has 2 saturated carbocycles. The third-order valence-electron chi connectivity index (χ3n) is 8.23. The lowest BCUT2D eigenvalue weighted by Gasteiger charge is -2.36. The van der Waals surface area contributed by atoms with Crippen LogP contribution >= 0.6 is 0 Å². The van der Waals surface area contributed by atoms with Crippen LogP contribution in [0.5, 0.6) is 0 Å². The van der Waals surface area contributed by atoms with Crippen molar-refractivity contribution in [3.63, 3.8) is 0 Å². The van der Waals surface area contributed by atoms with Crippen LogP contribution in [0.1, 0.15) is 132 Å². The number of likely N-dealkylation sites (tertiary alicyclic amines) is 1. The fourth-order valence-corrected chi connectivity index (χ4v) is 5.44. The molecule has 4 rings (SSSR count). The Morgan fingerprint density at radius 3 is 1.78 bits per heavy atom. The van der Waals surface area contributed by atoms with Gasteiger partial charge >= 0.3 is 0 Å². The van der Waals surface area contributed by atoms with E-state index in [1.807, 2.05) is 27.7 Å². The maximum absolute atomic E-state index is 13.5. The first-order chi connectivity index (χ1) is 23.8. The van der Waals surface area contributed by atoms with Crippen molar-refractivity contribution >= 4 is 29.5 Å². The standard InChI is InChI=1S/C24H41N5O6.C6H12.C4H4N2.C3H8/c1-6-8-16(19(32)22(34)26-15-10-11-15)27-21(33)17-9-7-12-29(17)23(35)20(24(3,4)5)28-18(31)13-25-14(2)30;1-2-4-6-5-3-1;1-2-6-4-3-5-1;1-3-2/h15-17,19-20,32H,6-13H2,1-5H3,(H,25,30)(H,26,34)(H,27,33)(H,28,31);1-6H2;1-4H;3H2,1-2H3. The summed E-state index contributed by atoms with van der Waals surface area (Å²) in [6, 6.07) is -2.34. The van der Waals surface area contributed by atoms with Crippen molar-refractivity contribution in [3.8, 4) is 0 Å². The predicted molar refractivity (Wildman–Crippen MR) is 195 cm³/mol. The van der Waals surface area contributed by atoms with Gasteiger partial charge in [-0.1, -0.05) is 92.9 Å². The molecule has 1 saturated heterocycles. The Morgan fingerprint density at radius 1 is 0.840 bits per heavy atom. The minimum absolute atomic E-state index is 0.0910. The molecule has 4 unspecified atom stereocenters. The van der Waals surface area contributed by atoms with Gasteiger partial charge in [0.1, 0.15) is 12.1 Å². The molecule has 0 bridgehead atoms. The van der Waals surface area contributed by atoms with Crippen molar-refractivity contribution < 1.29 is 29.1 Å². The molecule has 2 heterocycles. The number of hydrogen-bond donors (Lipinski definition) is 5. The minimum atomic E-state index is -1.37. The van der Waals surface area contributed by atoms with Gasteiger partial charge in [-0.2, -0.15) is 0 Å². The van der Waals surface area contributed by atoms with Crippen LogP contribution in [0.3, 0.4) is 0 Å². The fraction of sp³-hybridized carbons (Fsp3) is 0.757. The lowest BCUT2D eigenvalue weighted by molar-refractivity contribution is -0.144. The van der Waals surface area contributed by atoms with E-state index in [2.05, 4.69) is 45.1 Å². The monoisotopic (exact) mass is 703 g/mol. The number of nitrogens with zero attached hydrogens (tertiary/aromatic N) is 3. The molecule has 0 aromatic carbocycles. The Bertz CT molecular complexity index is 1100. The number of carbonyl (C=O) groups is 5. The fourth-order valence-electron chi connectivity index (χ4n) is 5.44. The summed E-state index contributed by atoms with van der Waals surface area (Å²) in [7, 11) is 0. The highest BCUT2D eigenvalue weighted by molar-refractivity contribution is 5.94. The molecule has 13 heteroatoms. The smallest absolute Gasteiger partial charge is 0.251 e. The molecule has 0 spiro atoms. The molecular weight excluding hydrogens is 638 g/mol. The van der Waals surface area contributed by atoms with Gasteiger partial charge in [-0.25, -0.2) is 0 Å². The number of aromatic nitrogens is 2. The largest absolute Gasteiger partial charge is 0.381 e. The second kappa shape index (κ2) is 24.5. The van der Waals surface area contributed by atoms with Crippen LogP contribution in [0, 0.1) is 5.41 Å². The number of aliphatic hydroxyl groups excluding tert-OH is 1. The molecule has 1 aromatic heterocycles. The van der Waals surface area contributed by atoms with Crippen LogP contribution in [-0.2, 0) is 24.0 Å². The number of nitrogens with one attached hydrogen (secondary N) is 4. The van der Waals surface area contributed by atoms with Crippen LogP contribution in [0.25, 0.3) is 0 Å². The highest BCUT2D eigenvalue weighted by Crippen LogP contribution is 2.26. The van der Waals surface area contributed by atoms with Crippen molar-refractivity contribution in [2.24, 2.45) is 5.41 Å². The lowest BCUT2D eigenvalue weighted by atomic mass is 9.85. The first-order valence-corrected chi connectivity index (χ1v) is 18.6. The van der Waals surface area contributed by atoms with Crippen molar-refractivity contribution in [2.75, 3.05) is 13.1 Å². The summed E-state index contributed by atoms with van der Waals surface area (Å²) in [6.07, 6.45) is 19.3. The summed E-state index contributed by atoms with van der Waals surface area (Å²) in [5, 5.41) is 21.2. The van der Waals surface area contributed by atoms with Crippen LogP contribution in [0.4, 0.5) is 0 Å². The van der Waals surface area contributed by atoms with Gasteiger partial charge in [-0.3, -0.25) is 33.9 Å². The molecule has 3 fully saturated rings. The highest BCUT2D eigenvalue weighted by atomic mass is 16.3. The average molecular weight is 704 g/mol. The molecule has 2 aliphatic carbocycles. The third kappa shape index (κ3) is 18.4. The third-order valence-corrected chi connectivity index (χ3v) is 8.23. The summed E-state index contributed by atoms with van der Waals surface area (Å²) in [5.74, 6) is -2.17. The maximum Gasteiger partial charge on any atom is 0.251 e. The second-order valence-corrected chi connectivity index (χ2v) is 14.3. The Morgan fingerprint density at radius 2 is 1.36 bits per heavy atom. The zero-order valence-corrected chi connectivity index (χ0v) is 31.6. The molecule has 50 heavy (non-hydrogen) atoms. The average Bonchev–Trinajstić information content (AvgIpc) is 3.77. The van der Waals surface area contributed by atoms with Crippen LogP contribution < -0.4 is 21.3 Å². The van der Waals surface area contributed by atoms with E-state index in [0.717, 1.165) is 12.8 Å². The van der Waals surface area contributed by atoms with Gasteiger partial charge in [0.2, 0.25) is 23.6 Å². The first-order valence-electron chi connectivity index (χ1n) is 18.6. The summed E-state index contributed by atoms with van der Waals surface area (Å²) < 4.78 is 0. The molecule has 5 N–H and O–H groups in total. The zero-order chi connectivity index (χ0) is 37.5. The Labute approximate surface area is 299 Å². The molecule has 5 amide bonds. The van der Waals surface area contributed by atoms with Gasteiger partial charge in [-0.05, 0) is 37.5 Å². The molecular formula is C37H65N7O6. The highest BCUT2D eigenvalue weighted by Gasteiger charge is 2.43. The van der Waals surface area contributed by atoms with Gasteiger partial charge in [0.05, 0.1) is 12.6 Å². The Balaban J connectivity index is 0.000000679. The van der Waals surface area contributed by atoms with Crippen molar-refractivity contribution in [3.05, 3.63) is 24.8 Å². The van der Waals surface area contributed by atoms with Crippen molar-refractivity contribution in [2.45, 2.75) is 162 Å². The van der Waals surface area contributed by atoms with E-state index in [-0.39, 0.29) is 24.4 Å². The van der Waals surface area contributed by atoms with E-state index in [9.17, 15) is 29.1 Å². The molecule has 4 atom stereocenters. The second-order valence-electron chi connectivity index (χ2n) is 14.3. The van der Waals surface area contributed by atoms with Gasteiger partial charge in [0.15, 0.2) is 6.10 Å². The molecule has 13 nitrogen and oxygen atoms in total. The SMILES string of the molecule is C1CCCCC1.CCC.CCCC(NC(=O)C1CCCN1C(=O)C(NC(=O)CNC(C)=O)C(C)(C)C)C(O)C(=O)NC1CC1.c1cnccn1. The van der Waals surface area contributed by atoms with Crippen molar-refractivity contribution in [1.82, 2.24) is 36.1 Å². The topological polar surface area (TPSA) is 183 Å². The van der Waals surface area contributed by atoms with Gasteiger partial charge in [-0.15, -0.1) is 0 Å². The number of hydrogen-bond acceptors (Lipinski definition) is 8. The predicted octanol–water partition coefficient (Wildman–Crippen LogP) is 3.80. The Hall–Kier alpha value is -3.61. The van der Waals surface area contributed by atoms with E-state index in [0.29, 0.717) is 32.2 Å². The number of rotatable bonds is 11. The molecule has 3 aliphatic rings. The zero-order valence-electron chi connectivity index (χ0n) is 31.6. The Kier molecular flexibility index (Phi) is 21.8. The number of amides is 5. The normalized spacial score (nSPS) is 18.5. The van der Waals surface area contributed by atoms with Gasteiger partial charge < -0.3 is 31.3 Å². The van der Waals surface area contributed by atoms with E-state index in [1.54, 1.807) is 24.8 Å². The minimum Gasteiger partial charge on any atom is -0.381 e. The van der Waals surface area contributed by atoms with E-state index in [1.165, 1.54) is 56.8 Å². The molecule has 1 aromatic rings. The quantitative estimate of drug-likeness (QED) is 0.231. The van der Waals surface area contributed by atoms with Crippen LogP contribution in [0.2, 0.25) is 0 Å². The van der Waals surface area contributed by atoms with Gasteiger partial charge in [0, 0.05) is 44.3 Å². The van der Waals surface area contributed by atoms with Crippen molar-refractivity contribution in [1.29, 1.82) is 0 Å². The lowest BCUT2D eigenvalue weighted by Crippen LogP contribution is -2.60. The maximum atomic E-state index is 13.5. The molecule has 0 radical (unpaired) electrons. The van der Waals surface area contributed by atoms with Crippen LogP contribution in [-0.4, -0.2) is 92.9 Å². The van der Waals surface area contributed by atoms with E-state index < -0.39 is 47.4 Å². The first kappa shape index (κ1) is 44.4. The molecule has 284 valence electrons. The summed E-state index contributed by atoms with van der Waals surface area (Å²) >= 11 is 0. The van der Waals surface area contributed by atoms with Crippen LogP contribution in [0.15, 0.2) is 24.8 Å². The summed E-state index contributed by atoms with van der Waals surface area (Å²) in [5.41, 5.74) is -0.644. The van der Waals surface area contributed by atoms with Gasteiger partial charge in [0.25, 0.3) is 5.91 Å². The van der Waals surface area contributed by atoms with E-state index >= 15 is 0 Å².